The Morgan fingerprint density at radius 2 is 1.74 bits per heavy atom. The van der Waals surface area contributed by atoms with Gasteiger partial charge in [0, 0.05) is 22.9 Å². The van der Waals surface area contributed by atoms with Crippen molar-refractivity contribution in [2.24, 2.45) is 0 Å². The summed E-state index contributed by atoms with van der Waals surface area (Å²) in [7, 11) is 0.686. The minimum Gasteiger partial charge on any atom is -0.497 e. The van der Waals surface area contributed by atoms with Crippen LogP contribution in [-0.2, 0) is 21.2 Å². The molecule has 4 aromatic rings. The lowest BCUT2D eigenvalue weighted by Gasteiger charge is -2.08. The fourth-order valence-corrected chi connectivity index (χ4v) is 6.50. The maximum absolute atomic E-state index is 13.6. The fourth-order valence-electron chi connectivity index (χ4n) is 3.71. The molecule has 0 aliphatic carbocycles. The second-order valence-corrected chi connectivity index (χ2v) is 10.5. The number of hydrogen-bond acceptors (Lipinski definition) is 7. The van der Waals surface area contributed by atoms with Gasteiger partial charge in [-0.15, -0.1) is 11.3 Å². The second-order valence-electron chi connectivity index (χ2n) is 7.42. The Hall–Kier alpha value is -3.50. The third-order valence-corrected chi connectivity index (χ3v) is 8.71. The summed E-state index contributed by atoms with van der Waals surface area (Å²) in [5.74, 6) is 0.737. The maximum Gasteiger partial charge on any atom is 0.303 e. The molecule has 0 unspecified atom stereocenters. The van der Waals surface area contributed by atoms with Gasteiger partial charge in [-0.3, -0.25) is 4.79 Å². The van der Waals surface area contributed by atoms with E-state index in [1.807, 2.05) is 6.07 Å². The van der Waals surface area contributed by atoms with Crippen LogP contribution >= 0.6 is 11.3 Å². The maximum atomic E-state index is 13.6. The van der Waals surface area contributed by atoms with Crippen molar-refractivity contribution in [3.05, 3.63) is 60.3 Å². The van der Waals surface area contributed by atoms with Crippen LogP contribution in [0.2, 0.25) is 0 Å². The number of aromatic nitrogens is 1. The highest BCUT2D eigenvalue weighted by Crippen LogP contribution is 2.38. The normalized spacial score (nSPS) is 11.5. The van der Waals surface area contributed by atoms with Crippen molar-refractivity contribution in [1.82, 2.24) is 3.97 Å². The zero-order valence-electron chi connectivity index (χ0n) is 18.8. The van der Waals surface area contributed by atoms with Gasteiger partial charge in [-0.1, -0.05) is 0 Å². The van der Waals surface area contributed by atoms with Crippen LogP contribution in [0.4, 0.5) is 0 Å². The highest BCUT2D eigenvalue weighted by Gasteiger charge is 2.24. The van der Waals surface area contributed by atoms with Gasteiger partial charge < -0.3 is 19.3 Å². The molecule has 0 spiro atoms. The number of carbonyl (C=O) groups is 1. The van der Waals surface area contributed by atoms with Crippen LogP contribution < -0.4 is 14.2 Å². The molecule has 4 rings (SSSR count). The van der Waals surface area contributed by atoms with Crippen molar-refractivity contribution < 1.29 is 32.5 Å². The number of hydrogen-bond donors (Lipinski definition) is 1. The summed E-state index contributed by atoms with van der Waals surface area (Å²) in [5.41, 5.74) is 1.88. The fraction of sp³-hybridized carbons (Fsp3) is 0.208. The van der Waals surface area contributed by atoms with Gasteiger partial charge in [0.25, 0.3) is 10.0 Å². The summed E-state index contributed by atoms with van der Waals surface area (Å²) in [6.45, 7) is 0. The third-order valence-electron chi connectivity index (χ3n) is 5.43. The van der Waals surface area contributed by atoms with E-state index >= 15 is 0 Å². The molecule has 2 heterocycles. The largest absolute Gasteiger partial charge is 0.497 e. The van der Waals surface area contributed by atoms with E-state index < -0.39 is 16.0 Å². The van der Waals surface area contributed by atoms with E-state index in [0.717, 1.165) is 21.8 Å². The van der Waals surface area contributed by atoms with Gasteiger partial charge in [0.1, 0.15) is 9.96 Å². The van der Waals surface area contributed by atoms with Crippen LogP contribution in [0, 0.1) is 0 Å². The van der Waals surface area contributed by atoms with E-state index in [2.05, 4.69) is 0 Å². The monoisotopic (exact) mass is 501 g/mol. The van der Waals surface area contributed by atoms with Crippen LogP contribution in [0.3, 0.4) is 0 Å². The number of rotatable bonds is 9. The number of thiophene rings is 1. The molecule has 0 aliphatic heterocycles. The summed E-state index contributed by atoms with van der Waals surface area (Å²) in [4.78, 5) is 11.9. The molecule has 0 fully saturated rings. The second kappa shape index (κ2) is 9.40. The van der Waals surface area contributed by atoms with E-state index in [-0.39, 0.29) is 17.1 Å². The van der Waals surface area contributed by atoms with Crippen LogP contribution in [0.25, 0.3) is 21.3 Å². The molecule has 2 aromatic heterocycles. The number of carboxylic acids is 1. The molecule has 0 amide bonds. The van der Waals surface area contributed by atoms with Gasteiger partial charge in [-0.25, -0.2) is 3.97 Å². The number of benzene rings is 2. The van der Waals surface area contributed by atoms with Crippen molar-refractivity contribution in [3.63, 3.8) is 0 Å². The number of methoxy groups -OCH3 is 3. The molecule has 0 saturated carbocycles. The molecule has 1 N–H and O–H groups in total. The molecule has 178 valence electrons. The lowest BCUT2D eigenvalue weighted by atomic mass is 10.1. The first kappa shape index (κ1) is 23.7. The van der Waals surface area contributed by atoms with Crippen LogP contribution in [0.15, 0.2) is 58.9 Å². The first-order valence-electron chi connectivity index (χ1n) is 10.3. The predicted molar refractivity (Wildman–Crippen MR) is 130 cm³/mol. The molecule has 34 heavy (non-hydrogen) atoms. The van der Waals surface area contributed by atoms with E-state index in [1.165, 1.54) is 17.3 Å². The molecule has 0 atom stereocenters. The summed E-state index contributed by atoms with van der Waals surface area (Å²) < 4.78 is 44.5. The smallest absolute Gasteiger partial charge is 0.303 e. The van der Waals surface area contributed by atoms with E-state index in [1.54, 1.807) is 56.7 Å². The Bertz CT molecular complexity index is 1470. The van der Waals surface area contributed by atoms with E-state index in [0.29, 0.717) is 33.7 Å². The lowest BCUT2D eigenvalue weighted by Crippen LogP contribution is -2.10. The van der Waals surface area contributed by atoms with Crippen LogP contribution in [0.1, 0.15) is 12.0 Å². The Kier molecular flexibility index (Phi) is 6.54. The van der Waals surface area contributed by atoms with E-state index in [4.69, 9.17) is 19.3 Å². The Morgan fingerprint density at radius 1 is 0.971 bits per heavy atom. The molecule has 0 saturated heterocycles. The van der Waals surface area contributed by atoms with Gasteiger partial charge >= 0.3 is 5.97 Å². The number of fused-ring (bicyclic) bond motifs is 1. The summed E-state index contributed by atoms with van der Waals surface area (Å²) >= 11 is 1.14. The highest BCUT2D eigenvalue weighted by molar-refractivity contribution is 7.92. The zero-order valence-corrected chi connectivity index (χ0v) is 20.4. The molecule has 0 bridgehead atoms. The minimum atomic E-state index is -3.93. The average molecular weight is 502 g/mol. The first-order valence-corrected chi connectivity index (χ1v) is 12.5. The zero-order chi connectivity index (χ0) is 24.5. The van der Waals surface area contributed by atoms with Crippen LogP contribution in [-0.4, -0.2) is 44.8 Å². The molecular formula is C24H23NO7S2. The van der Waals surface area contributed by atoms with Crippen LogP contribution in [0.5, 0.6) is 17.2 Å². The Labute approximate surface area is 201 Å². The lowest BCUT2D eigenvalue weighted by molar-refractivity contribution is -0.136. The number of carboxylic acid groups (broad SMARTS) is 1. The highest BCUT2D eigenvalue weighted by atomic mass is 32.2. The van der Waals surface area contributed by atoms with Gasteiger partial charge in [-0.2, -0.15) is 8.42 Å². The SMILES string of the molecule is COc1ccc2c(c1)c(CCC(=O)O)cn2S(=O)(=O)c1ccc(-c2ccc(OC)c(OC)c2)s1. The quantitative estimate of drug-likeness (QED) is 0.356. The third kappa shape index (κ3) is 4.34. The van der Waals surface area contributed by atoms with Gasteiger partial charge in [-0.05, 0) is 66.1 Å². The number of ether oxygens (including phenoxy) is 3. The summed E-state index contributed by atoms with van der Waals surface area (Å²) in [5, 5.41) is 9.75. The summed E-state index contributed by atoms with van der Waals surface area (Å²) in [6.07, 6.45) is 1.58. The number of nitrogens with zero attached hydrogens (tertiary/aromatic N) is 1. The average Bonchev–Trinajstić information content (AvgIpc) is 3.48. The molecule has 8 nitrogen and oxygen atoms in total. The predicted octanol–water partition coefficient (Wildman–Crippen LogP) is 4.65. The summed E-state index contributed by atoms with van der Waals surface area (Å²) in [6, 6.07) is 13.8. The number of aryl methyl sites for hydroxylation is 1. The topological polar surface area (TPSA) is 104 Å². The van der Waals surface area contributed by atoms with Gasteiger partial charge in [0.05, 0.1) is 26.8 Å². The molecular weight excluding hydrogens is 478 g/mol. The van der Waals surface area contributed by atoms with Gasteiger partial charge in [0.2, 0.25) is 0 Å². The molecule has 0 aliphatic rings. The molecule has 10 heteroatoms. The minimum absolute atomic E-state index is 0.112. The molecule has 0 radical (unpaired) electrons. The van der Waals surface area contributed by atoms with Crippen molar-refractivity contribution in [1.29, 1.82) is 0 Å². The Morgan fingerprint density at radius 3 is 2.41 bits per heavy atom. The van der Waals surface area contributed by atoms with Crippen molar-refractivity contribution >= 4 is 38.2 Å². The first-order chi connectivity index (χ1) is 16.3. The number of aliphatic carboxylic acids is 1. The van der Waals surface area contributed by atoms with Crippen molar-refractivity contribution in [2.45, 2.75) is 17.1 Å². The van der Waals surface area contributed by atoms with E-state index in [9.17, 15) is 13.2 Å². The van der Waals surface area contributed by atoms with Crippen molar-refractivity contribution in [3.8, 4) is 27.7 Å². The van der Waals surface area contributed by atoms with Crippen molar-refractivity contribution in [2.75, 3.05) is 21.3 Å². The Balaban J connectivity index is 1.78. The molecule has 2 aromatic carbocycles. The standard InChI is InChI=1S/C24H23NO7S2/c1-30-17-6-7-19-18(13-17)16(5-10-23(26)27)14-25(19)34(28,29)24-11-9-22(33-24)15-4-8-20(31-2)21(12-15)32-3/h4,6-9,11-14H,5,10H2,1-3H3,(H,26,27). The van der Waals surface area contributed by atoms with Gasteiger partial charge in [0.15, 0.2) is 11.5 Å².